The Hall–Kier alpha value is -1.88. The molecule has 2 rings (SSSR count). The number of hydrogen-bond donors (Lipinski definition) is 1. The summed E-state index contributed by atoms with van der Waals surface area (Å²) in [4.78, 5) is 21.3. The van der Waals surface area contributed by atoms with Crippen molar-refractivity contribution in [3.63, 3.8) is 0 Å². The molecule has 0 atom stereocenters. The molecule has 5 heteroatoms. The number of benzene rings is 1. The second-order valence-electron chi connectivity index (χ2n) is 5.66. The van der Waals surface area contributed by atoms with Crippen LogP contribution in [-0.2, 0) is 0 Å². The highest BCUT2D eigenvalue weighted by Gasteiger charge is 2.13. The number of rotatable bonds is 6. The highest BCUT2D eigenvalue weighted by atomic mass is 16.5. The SMILES string of the molecule is CC(C)N(CCOc1nc2ccccc2c(=O)[nH]1)C(C)C. The van der Waals surface area contributed by atoms with Gasteiger partial charge in [0.15, 0.2) is 0 Å². The van der Waals surface area contributed by atoms with Gasteiger partial charge in [0, 0.05) is 18.6 Å². The largest absolute Gasteiger partial charge is 0.463 e. The third-order valence-corrected chi connectivity index (χ3v) is 3.51. The maximum absolute atomic E-state index is 11.9. The van der Waals surface area contributed by atoms with E-state index in [1.807, 2.05) is 18.2 Å². The molecule has 0 radical (unpaired) electrons. The molecule has 1 N–H and O–H groups in total. The topological polar surface area (TPSA) is 58.2 Å². The van der Waals surface area contributed by atoms with Crippen LogP contribution in [0, 0.1) is 0 Å². The molecular formula is C16H23N3O2. The zero-order chi connectivity index (χ0) is 15.4. The van der Waals surface area contributed by atoms with Gasteiger partial charge < -0.3 is 4.74 Å². The normalized spacial score (nSPS) is 11.8. The Morgan fingerprint density at radius 2 is 1.86 bits per heavy atom. The predicted molar refractivity (Wildman–Crippen MR) is 84.8 cm³/mol. The first kappa shape index (κ1) is 15.5. The number of H-pyrrole nitrogens is 1. The summed E-state index contributed by atoms with van der Waals surface area (Å²) in [7, 11) is 0. The lowest BCUT2D eigenvalue weighted by molar-refractivity contribution is 0.138. The highest BCUT2D eigenvalue weighted by molar-refractivity contribution is 5.77. The van der Waals surface area contributed by atoms with Crippen LogP contribution in [0.5, 0.6) is 6.01 Å². The van der Waals surface area contributed by atoms with Crippen molar-refractivity contribution in [3.05, 3.63) is 34.6 Å². The average molecular weight is 289 g/mol. The predicted octanol–water partition coefficient (Wildman–Crippen LogP) is 2.42. The van der Waals surface area contributed by atoms with E-state index in [1.54, 1.807) is 6.07 Å². The second kappa shape index (κ2) is 6.72. The molecule has 2 aromatic rings. The first-order valence-corrected chi connectivity index (χ1v) is 7.36. The minimum Gasteiger partial charge on any atom is -0.463 e. The fraction of sp³-hybridized carbons (Fsp3) is 0.500. The Labute approximate surface area is 125 Å². The first-order valence-electron chi connectivity index (χ1n) is 7.36. The molecule has 0 aliphatic rings. The molecule has 114 valence electrons. The first-order chi connectivity index (χ1) is 9.99. The molecule has 0 fully saturated rings. The fourth-order valence-corrected chi connectivity index (χ4v) is 2.49. The van der Waals surface area contributed by atoms with Gasteiger partial charge >= 0.3 is 0 Å². The van der Waals surface area contributed by atoms with Crippen LogP contribution in [0.15, 0.2) is 29.1 Å². The van der Waals surface area contributed by atoms with Gasteiger partial charge in [0.25, 0.3) is 11.6 Å². The molecule has 5 nitrogen and oxygen atoms in total. The van der Waals surface area contributed by atoms with Gasteiger partial charge in [0.05, 0.1) is 10.9 Å². The molecule has 21 heavy (non-hydrogen) atoms. The number of para-hydroxylation sites is 1. The summed E-state index contributed by atoms with van der Waals surface area (Å²) in [5, 5.41) is 0.579. The van der Waals surface area contributed by atoms with Gasteiger partial charge in [-0.05, 0) is 39.8 Å². The molecule has 0 bridgehead atoms. The van der Waals surface area contributed by atoms with Crippen LogP contribution in [0.25, 0.3) is 10.9 Å². The van der Waals surface area contributed by atoms with Crippen LogP contribution in [0.3, 0.4) is 0 Å². The Morgan fingerprint density at radius 3 is 2.52 bits per heavy atom. The lowest BCUT2D eigenvalue weighted by Crippen LogP contribution is -2.39. The van der Waals surface area contributed by atoms with Crippen LogP contribution < -0.4 is 10.3 Å². The molecule has 0 amide bonds. The molecule has 0 aliphatic carbocycles. The van der Waals surface area contributed by atoms with E-state index in [1.165, 1.54) is 0 Å². The third kappa shape index (κ3) is 3.82. The van der Waals surface area contributed by atoms with E-state index in [2.05, 4.69) is 42.6 Å². The van der Waals surface area contributed by atoms with Gasteiger partial charge in [-0.25, -0.2) is 0 Å². The molecule has 0 unspecified atom stereocenters. The molecule has 1 heterocycles. The van der Waals surface area contributed by atoms with Crippen LogP contribution in [-0.4, -0.2) is 40.1 Å². The summed E-state index contributed by atoms with van der Waals surface area (Å²) in [5.74, 6) is 0. The molecule has 0 spiro atoms. The minimum absolute atomic E-state index is 0.167. The van der Waals surface area contributed by atoms with Crippen molar-refractivity contribution in [1.29, 1.82) is 0 Å². The van der Waals surface area contributed by atoms with Gasteiger partial charge in [-0.2, -0.15) is 4.98 Å². The lowest BCUT2D eigenvalue weighted by atomic mass is 10.2. The summed E-state index contributed by atoms with van der Waals surface area (Å²) in [5.41, 5.74) is 0.487. The van der Waals surface area contributed by atoms with Gasteiger partial charge in [-0.15, -0.1) is 0 Å². The van der Waals surface area contributed by atoms with Crippen molar-refractivity contribution >= 4 is 10.9 Å². The van der Waals surface area contributed by atoms with Gasteiger partial charge in [-0.3, -0.25) is 14.7 Å². The summed E-state index contributed by atoms with van der Waals surface area (Å²) < 4.78 is 5.62. The van der Waals surface area contributed by atoms with Gasteiger partial charge in [0.1, 0.15) is 6.61 Å². The number of fused-ring (bicyclic) bond motifs is 1. The van der Waals surface area contributed by atoms with E-state index >= 15 is 0 Å². The Bertz CT molecular complexity index is 641. The van der Waals surface area contributed by atoms with Crippen LogP contribution in [0.2, 0.25) is 0 Å². The molecule has 1 aromatic heterocycles. The van der Waals surface area contributed by atoms with E-state index in [9.17, 15) is 4.79 Å². The number of nitrogens with one attached hydrogen (secondary N) is 1. The van der Waals surface area contributed by atoms with E-state index in [4.69, 9.17) is 4.74 Å². The minimum atomic E-state index is -0.167. The Balaban J connectivity index is 2.05. The van der Waals surface area contributed by atoms with Crippen LogP contribution in [0.1, 0.15) is 27.7 Å². The summed E-state index contributed by atoms with van der Waals surface area (Å²) >= 11 is 0. The van der Waals surface area contributed by atoms with Crippen LogP contribution >= 0.6 is 0 Å². The average Bonchev–Trinajstić information content (AvgIpc) is 2.43. The Kier molecular flexibility index (Phi) is 4.96. The summed E-state index contributed by atoms with van der Waals surface area (Å²) in [6.45, 7) is 9.95. The third-order valence-electron chi connectivity index (χ3n) is 3.51. The van der Waals surface area contributed by atoms with E-state index in [0.717, 1.165) is 6.54 Å². The monoisotopic (exact) mass is 289 g/mol. The van der Waals surface area contributed by atoms with Crippen molar-refractivity contribution in [1.82, 2.24) is 14.9 Å². The molecular weight excluding hydrogens is 266 g/mol. The van der Waals surface area contributed by atoms with Crippen molar-refractivity contribution in [3.8, 4) is 6.01 Å². The van der Waals surface area contributed by atoms with Crippen molar-refractivity contribution < 1.29 is 4.74 Å². The number of aromatic nitrogens is 2. The molecule has 0 aliphatic heterocycles. The molecule has 0 saturated heterocycles. The van der Waals surface area contributed by atoms with E-state index in [0.29, 0.717) is 29.6 Å². The standard InChI is InChI=1S/C16H23N3O2/c1-11(2)19(12(3)4)9-10-21-16-17-14-8-6-5-7-13(14)15(20)18-16/h5-8,11-12H,9-10H2,1-4H3,(H,17,18,20). The van der Waals surface area contributed by atoms with Crippen LogP contribution in [0.4, 0.5) is 0 Å². The maximum Gasteiger partial charge on any atom is 0.297 e. The number of aromatic amines is 1. The lowest BCUT2D eigenvalue weighted by Gasteiger charge is -2.30. The van der Waals surface area contributed by atoms with Crippen molar-refractivity contribution in [2.24, 2.45) is 0 Å². The smallest absolute Gasteiger partial charge is 0.297 e. The number of hydrogen-bond acceptors (Lipinski definition) is 4. The second-order valence-corrected chi connectivity index (χ2v) is 5.66. The summed E-state index contributed by atoms with van der Waals surface area (Å²) in [6.07, 6.45) is 0. The van der Waals surface area contributed by atoms with Gasteiger partial charge in [0.2, 0.25) is 0 Å². The van der Waals surface area contributed by atoms with Crippen molar-refractivity contribution in [2.75, 3.05) is 13.2 Å². The number of ether oxygens (including phenoxy) is 1. The Morgan fingerprint density at radius 1 is 1.19 bits per heavy atom. The zero-order valence-electron chi connectivity index (χ0n) is 13.1. The van der Waals surface area contributed by atoms with Gasteiger partial charge in [-0.1, -0.05) is 12.1 Å². The van der Waals surface area contributed by atoms with E-state index < -0.39 is 0 Å². The molecule has 0 saturated carbocycles. The number of nitrogens with zero attached hydrogens (tertiary/aromatic N) is 2. The van der Waals surface area contributed by atoms with Crippen molar-refractivity contribution in [2.45, 2.75) is 39.8 Å². The zero-order valence-corrected chi connectivity index (χ0v) is 13.1. The highest BCUT2D eigenvalue weighted by Crippen LogP contribution is 2.10. The van der Waals surface area contributed by atoms with E-state index in [-0.39, 0.29) is 11.6 Å². The fourth-order valence-electron chi connectivity index (χ4n) is 2.49. The molecule has 1 aromatic carbocycles. The maximum atomic E-state index is 11.9. The summed E-state index contributed by atoms with van der Waals surface area (Å²) in [6, 6.07) is 8.44. The quantitative estimate of drug-likeness (QED) is 0.887.